The smallest absolute Gasteiger partial charge is 0.0451 e. The van der Waals surface area contributed by atoms with E-state index >= 15 is 0 Å². The van der Waals surface area contributed by atoms with Gasteiger partial charge >= 0.3 is 0 Å². The summed E-state index contributed by atoms with van der Waals surface area (Å²) in [6.07, 6.45) is 1.17. The van der Waals surface area contributed by atoms with Crippen molar-refractivity contribution in [3.63, 3.8) is 0 Å². The Hall–Kier alpha value is -0.570. The largest absolute Gasteiger partial charge is 0.316 e. The number of halogens is 1. The average molecular weight is 283 g/mol. The maximum Gasteiger partial charge on any atom is 0.0451 e. The summed E-state index contributed by atoms with van der Waals surface area (Å²) >= 11 is 6.22. The Balaban J connectivity index is 2.58. The summed E-state index contributed by atoms with van der Waals surface area (Å²) < 4.78 is 0. The Bertz CT molecular complexity index is 381. The molecule has 0 fully saturated rings. The number of benzene rings is 1. The molecule has 0 heterocycles. The van der Waals surface area contributed by atoms with Crippen LogP contribution in [0.2, 0.25) is 5.02 Å². The van der Waals surface area contributed by atoms with Gasteiger partial charge in [0.1, 0.15) is 0 Å². The van der Waals surface area contributed by atoms with Crippen LogP contribution in [0, 0.1) is 5.41 Å². The molecule has 0 aliphatic carbocycles. The highest BCUT2D eigenvalue weighted by molar-refractivity contribution is 6.31. The minimum Gasteiger partial charge on any atom is -0.316 e. The Labute approximate surface area is 123 Å². The molecule has 2 nitrogen and oxygen atoms in total. The number of hydrogen-bond acceptors (Lipinski definition) is 2. The fourth-order valence-corrected chi connectivity index (χ4v) is 2.54. The highest BCUT2D eigenvalue weighted by atomic mass is 35.5. The fraction of sp³-hybridized carbons (Fsp3) is 0.625. The van der Waals surface area contributed by atoms with Gasteiger partial charge in [0, 0.05) is 24.7 Å². The van der Waals surface area contributed by atoms with Crippen molar-refractivity contribution in [3.8, 4) is 0 Å². The maximum absolute atomic E-state index is 6.22. The Morgan fingerprint density at radius 2 is 1.95 bits per heavy atom. The molecule has 0 aliphatic heterocycles. The highest BCUT2D eigenvalue weighted by Gasteiger charge is 2.23. The number of hydrogen-bond donors (Lipinski definition) is 1. The van der Waals surface area contributed by atoms with E-state index < -0.39 is 0 Å². The van der Waals surface area contributed by atoms with Crippen molar-refractivity contribution < 1.29 is 0 Å². The van der Waals surface area contributed by atoms with E-state index in [2.05, 4.69) is 44.1 Å². The molecule has 1 atom stereocenters. The highest BCUT2D eigenvalue weighted by Crippen LogP contribution is 2.23. The SMILES string of the molecule is CCNCC(C)(CC)CN(C)Cc1ccccc1Cl. The summed E-state index contributed by atoms with van der Waals surface area (Å²) in [5, 5.41) is 4.33. The first kappa shape index (κ1) is 16.5. The quantitative estimate of drug-likeness (QED) is 0.780. The molecule has 108 valence electrons. The van der Waals surface area contributed by atoms with Crippen molar-refractivity contribution >= 4 is 11.6 Å². The van der Waals surface area contributed by atoms with Crippen LogP contribution >= 0.6 is 11.6 Å². The van der Waals surface area contributed by atoms with Gasteiger partial charge in [-0.25, -0.2) is 0 Å². The summed E-state index contributed by atoms with van der Waals surface area (Å²) in [4.78, 5) is 2.36. The lowest BCUT2D eigenvalue weighted by molar-refractivity contribution is 0.176. The van der Waals surface area contributed by atoms with Gasteiger partial charge in [0.25, 0.3) is 0 Å². The molecule has 0 radical (unpaired) electrons. The Kier molecular flexibility index (Phi) is 6.84. The first-order valence-electron chi connectivity index (χ1n) is 7.13. The second kappa shape index (κ2) is 7.88. The number of nitrogens with zero attached hydrogens (tertiary/aromatic N) is 1. The zero-order chi connectivity index (χ0) is 14.3. The first-order chi connectivity index (χ1) is 9.00. The van der Waals surface area contributed by atoms with Crippen molar-refractivity contribution in [2.24, 2.45) is 5.41 Å². The third-order valence-corrected chi connectivity index (χ3v) is 4.07. The monoisotopic (exact) mass is 282 g/mol. The van der Waals surface area contributed by atoms with Gasteiger partial charge in [-0.1, -0.05) is 50.6 Å². The normalized spacial score (nSPS) is 14.6. The van der Waals surface area contributed by atoms with Crippen molar-refractivity contribution in [3.05, 3.63) is 34.9 Å². The molecular weight excluding hydrogens is 256 g/mol. The van der Waals surface area contributed by atoms with Crippen LogP contribution in [0.15, 0.2) is 24.3 Å². The lowest BCUT2D eigenvalue weighted by Gasteiger charge is -2.33. The summed E-state index contributed by atoms with van der Waals surface area (Å²) in [7, 11) is 2.17. The number of rotatable bonds is 8. The molecule has 0 amide bonds. The molecule has 0 saturated carbocycles. The molecule has 19 heavy (non-hydrogen) atoms. The second-order valence-electron chi connectivity index (χ2n) is 5.71. The molecule has 0 aliphatic rings. The zero-order valence-electron chi connectivity index (χ0n) is 12.7. The molecule has 1 unspecified atom stereocenters. The van der Waals surface area contributed by atoms with Crippen molar-refractivity contribution in [1.29, 1.82) is 0 Å². The molecular formula is C16H27ClN2. The summed E-state index contributed by atoms with van der Waals surface area (Å²) in [6, 6.07) is 8.09. The van der Waals surface area contributed by atoms with Gasteiger partial charge in [0.2, 0.25) is 0 Å². The van der Waals surface area contributed by atoms with E-state index in [-0.39, 0.29) is 0 Å². The molecule has 0 spiro atoms. The van der Waals surface area contributed by atoms with Gasteiger partial charge in [-0.05, 0) is 37.1 Å². The van der Waals surface area contributed by atoms with E-state index in [9.17, 15) is 0 Å². The topological polar surface area (TPSA) is 15.3 Å². The van der Waals surface area contributed by atoms with Crippen LogP contribution < -0.4 is 5.32 Å². The van der Waals surface area contributed by atoms with Crippen LogP contribution in [0.5, 0.6) is 0 Å². The van der Waals surface area contributed by atoms with Gasteiger partial charge in [0.05, 0.1) is 0 Å². The second-order valence-corrected chi connectivity index (χ2v) is 6.12. The van der Waals surface area contributed by atoms with Gasteiger partial charge in [-0.3, -0.25) is 0 Å². The van der Waals surface area contributed by atoms with Crippen LogP contribution in [-0.4, -0.2) is 31.6 Å². The molecule has 1 N–H and O–H groups in total. The Morgan fingerprint density at radius 3 is 2.53 bits per heavy atom. The van der Waals surface area contributed by atoms with Crippen LogP contribution in [0.25, 0.3) is 0 Å². The average Bonchev–Trinajstić information content (AvgIpc) is 2.39. The third-order valence-electron chi connectivity index (χ3n) is 3.71. The standard InChI is InChI=1S/C16H27ClN2/c1-5-16(3,12-18-6-2)13-19(4)11-14-9-7-8-10-15(14)17/h7-10,18H,5-6,11-13H2,1-4H3. The van der Waals surface area contributed by atoms with E-state index in [0.717, 1.165) is 31.2 Å². The first-order valence-corrected chi connectivity index (χ1v) is 7.51. The van der Waals surface area contributed by atoms with Crippen LogP contribution in [0.4, 0.5) is 0 Å². The van der Waals surface area contributed by atoms with Crippen molar-refractivity contribution in [1.82, 2.24) is 10.2 Å². The van der Waals surface area contributed by atoms with Crippen LogP contribution in [-0.2, 0) is 6.54 Å². The lowest BCUT2D eigenvalue weighted by atomic mass is 9.86. The molecule has 1 aromatic rings. The summed E-state index contributed by atoms with van der Waals surface area (Å²) in [6.45, 7) is 10.8. The minimum absolute atomic E-state index is 0.312. The van der Waals surface area contributed by atoms with Crippen molar-refractivity contribution in [2.75, 3.05) is 26.7 Å². The zero-order valence-corrected chi connectivity index (χ0v) is 13.4. The van der Waals surface area contributed by atoms with E-state index in [1.54, 1.807) is 0 Å². The van der Waals surface area contributed by atoms with E-state index in [1.807, 2.05) is 18.2 Å². The molecule has 1 rings (SSSR count). The van der Waals surface area contributed by atoms with Crippen LogP contribution in [0.3, 0.4) is 0 Å². The molecule has 1 aromatic carbocycles. The maximum atomic E-state index is 6.22. The molecule has 0 bridgehead atoms. The van der Waals surface area contributed by atoms with E-state index in [0.29, 0.717) is 5.41 Å². The van der Waals surface area contributed by atoms with Crippen molar-refractivity contribution in [2.45, 2.75) is 33.7 Å². The number of nitrogens with one attached hydrogen (secondary N) is 1. The third kappa shape index (κ3) is 5.52. The van der Waals surface area contributed by atoms with Gasteiger partial charge < -0.3 is 10.2 Å². The van der Waals surface area contributed by atoms with Gasteiger partial charge in [0.15, 0.2) is 0 Å². The van der Waals surface area contributed by atoms with E-state index in [4.69, 9.17) is 11.6 Å². The summed E-state index contributed by atoms with van der Waals surface area (Å²) in [5.74, 6) is 0. The lowest BCUT2D eigenvalue weighted by Crippen LogP contribution is -2.40. The molecule has 0 saturated heterocycles. The summed E-state index contributed by atoms with van der Waals surface area (Å²) in [5.41, 5.74) is 1.51. The van der Waals surface area contributed by atoms with E-state index in [1.165, 1.54) is 12.0 Å². The van der Waals surface area contributed by atoms with Gasteiger partial charge in [-0.15, -0.1) is 0 Å². The van der Waals surface area contributed by atoms with Crippen LogP contribution in [0.1, 0.15) is 32.8 Å². The van der Waals surface area contributed by atoms with Gasteiger partial charge in [-0.2, -0.15) is 0 Å². The molecule has 3 heteroatoms. The minimum atomic E-state index is 0.312. The predicted molar refractivity (Wildman–Crippen MR) is 84.7 cm³/mol. The Morgan fingerprint density at radius 1 is 1.26 bits per heavy atom. The predicted octanol–water partition coefficient (Wildman–Crippen LogP) is 3.80. The molecule has 0 aromatic heterocycles. The fourth-order valence-electron chi connectivity index (χ4n) is 2.34.